The first-order chi connectivity index (χ1) is 9.50. The maximum atomic E-state index is 11.5. The zero-order valence-electron chi connectivity index (χ0n) is 11.2. The van der Waals surface area contributed by atoms with Crippen molar-refractivity contribution >= 4 is 9.84 Å². The number of hydrogen-bond acceptors (Lipinski definition) is 5. The fraction of sp³-hybridized carbons (Fsp3) is 0.500. The smallest absolute Gasteiger partial charge is 0.151 e. The Morgan fingerprint density at radius 1 is 1.25 bits per heavy atom. The van der Waals surface area contributed by atoms with Crippen molar-refractivity contribution in [1.82, 2.24) is 4.90 Å². The third-order valence-electron chi connectivity index (χ3n) is 3.50. The third kappa shape index (κ3) is 4.04. The number of aliphatic hydroxyl groups is 1. The van der Waals surface area contributed by atoms with Crippen LogP contribution in [0, 0.1) is 11.3 Å². The van der Waals surface area contributed by atoms with E-state index in [1.54, 1.807) is 24.3 Å². The molecule has 0 aromatic heterocycles. The predicted molar refractivity (Wildman–Crippen MR) is 75.8 cm³/mol. The highest BCUT2D eigenvalue weighted by Gasteiger charge is 2.21. The van der Waals surface area contributed by atoms with Crippen LogP contribution in [0.5, 0.6) is 0 Å². The second-order valence-corrected chi connectivity index (χ2v) is 7.36. The van der Waals surface area contributed by atoms with E-state index in [1.807, 2.05) is 11.0 Å². The van der Waals surface area contributed by atoms with Gasteiger partial charge < -0.3 is 5.11 Å². The number of rotatable bonds is 3. The zero-order chi connectivity index (χ0) is 14.6. The van der Waals surface area contributed by atoms with Gasteiger partial charge in [-0.3, -0.25) is 4.90 Å². The van der Waals surface area contributed by atoms with Crippen molar-refractivity contribution in [3.05, 3.63) is 35.4 Å². The summed E-state index contributed by atoms with van der Waals surface area (Å²) in [5.74, 6) is 0.392. The number of β-amino-alcohol motifs (C(OH)–C–C–N with tert-alkyl or cyclic N) is 1. The van der Waals surface area contributed by atoms with Gasteiger partial charge in [0.25, 0.3) is 0 Å². The molecule has 1 fully saturated rings. The van der Waals surface area contributed by atoms with Crippen molar-refractivity contribution in [2.45, 2.75) is 12.5 Å². The fourth-order valence-corrected chi connectivity index (χ4v) is 3.61. The summed E-state index contributed by atoms with van der Waals surface area (Å²) in [5.41, 5.74) is 1.30. The first-order valence-corrected chi connectivity index (χ1v) is 8.43. The van der Waals surface area contributed by atoms with Gasteiger partial charge in [0.2, 0.25) is 0 Å². The van der Waals surface area contributed by atoms with Crippen LogP contribution in [-0.2, 0) is 9.84 Å². The Morgan fingerprint density at radius 3 is 2.60 bits per heavy atom. The standard InChI is InChI=1S/C14H18N2O3S/c15-10-12-2-4-13(5-3-12)14(17)11-16-6-1-8-20(18,19)9-7-16/h2-5,14,17H,1,6-9,11H2. The molecule has 0 saturated carbocycles. The van der Waals surface area contributed by atoms with Crippen molar-refractivity contribution < 1.29 is 13.5 Å². The first-order valence-electron chi connectivity index (χ1n) is 6.61. The SMILES string of the molecule is N#Cc1ccc(C(O)CN2CCCS(=O)(=O)CC2)cc1. The van der Waals surface area contributed by atoms with Gasteiger partial charge in [-0.05, 0) is 30.7 Å². The van der Waals surface area contributed by atoms with Crippen molar-refractivity contribution in [3.8, 4) is 6.07 Å². The number of sulfone groups is 1. The Kier molecular flexibility index (Phi) is 4.76. The minimum Gasteiger partial charge on any atom is -0.387 e. The number of nitrogens with zero attached hydrogens (tertiary/aromatic N) is 2. The largest absolute Gasteiger partial charge is 0.387 e. The van der Waals surface area contributed by atoms with E-state index in [0.29, 0.717) is 31.6 Å². The number of aliphatic hydroxyl groups excluding tert-OH is 1. The maximum absolute atomic E-state index is 11.5. The molecule has 0 spiro atoms. The Hall–Kier alpha value is -1.42. The molecule has 6 heteroatoms. The van der Waals surface area contributed by atoms with E-state index in [9.17, 15) is 13.5 Å². The molecule has 1 atom stereocenters. The molecule has 108 valence electrons. The Labute approximate surface area is 119 Å². The van der Waals surface area contributed by atoms with Crippen LogP contribution in [0.2, 0.25) is 0 Å². The monoisotopic (exact) mass is 294 g/mol. The lowest BCUT2D eigenvalue weighted by Crippen LogP contribution is -2.31. The van der Waals surface area contributed by atoms with Gasteiger partial charge in [-0.25, -0.2) is 8.42 Å². The second kappa shape index (κ2) is 6.35. The molecule has 2 rings (SSSR count). The Balaban J connectivity index is 1.96. The molecule has 1 heterocycles. The van der Waals surface area contributed by atoms with E-state index in [4.69, 9.17) is 5.26 Å². The average molecular weight is 294 g/mol. The molecule has 0 aliphatic carbocycles. The first kappa shape index (κ1) is 15.0. The molecule has 0 radical (unpaired) electrons. The molecular weight excluding hydrogens is 276 g/mol. The van der Waals surface area contributed by atoms with Crippen molar-refractivity contribution in [2.24, 2.45) is 0 Å². The molecule has 1 unspecified atom stereocenters. The van der Waals surface area contributed by atoms with Crippen molar-refractivity contribution in [3.63, 3.8) is 0 Å². The lowest BCUT2D eigenvalue weighted by atomic mass is 10.1. The summed E-state index contributed by atoms with van der Waals surface area (Å²) in [6, 6.07) is 8.84. The van der Waals surface area contributed by atoms with Gasteiger partial charge in [0.05, 0.1) is 29.2 Å². The number of hydrogen-bond donors (Lipinski definition) is 1. The molecule has 1 aromatic carbocycles. The molecule has 5 nitrogen and oxygen atoms in total. The predicted octanol–water partition coefficient (Wildman–Crippen LogP) is 0.712. The zero-order valence-corrected chi connectivity index (χ0v) is 12.0. The van der Waals surface area contributed by atoms with Gasteiger partial charge in [-0.1, -0.05) is 12.1 Å². The molecule has 1 aromatic rings. The molecule has 20 heavy (non-hydrogen) atoms. The number of benzene rings is 1. The minimum atomic E-state index is -2.92. The van der Waals surface area contributed by atoms with E-state index in [2.05, 4.69) is 0 Å². The summed E-state index contributed by atoms with van der Waals surface area (Å²) in [5, 5.41) is 18.9. The molecule has 1 aliphatic rings. The summed E-state index contributed by atoms with van der Waals surface area (Å²) in [4.78, 5) is 1.98. The van der Waals surface area contributed by atoms with E-state index in [0.717, 1.165) is 5.56 Å². The van der Waals surface area contributed by atoms with Crippen LogP contribution < -0.4 is 0 Å². The van der Waals surface area contributed by atoms with E-state index in [1.165, 1.54) is 0 Å². The topological polar surface area (TPSA) is 81.4 Å². The summed E-state index contributed by atoms with van der Waals surface area (Å²) in [6.07, 6.45) is -0.0499. The van der Waals surface area contributed by atoms with E-state index >= 15 is 0 Å². The third-order valence-corrected chi connectivity index (χ3v) is 5.22. The lowest BCUT2D eigenvalue weighted by Gasteiger charge is -2.22. The minimum absolute atomic E-state index is 0.160. The normalized spacial score (nSPS) is 20.8. The second-order valence-electron chi connectivity index (χ2n) is 5.06. The van der Waals surface area contributed by atoms with Crippen LogP contribution in [0.15, 0.2) is 24.3 Å². The molecule has 0 bridgehead atoms. The molecule has 1 saturated heterocycles. The van der Waals surface area contributed by atoms with Gasteiger partial charge in [-0.15, -0.1) is 0 Å². The summed E-state index contributed by atoms with van der Waals surface area (Å²) < 4.78 is 23.0. The van der Waals surface area contributed by atoms with Crippen LogP contribution in [0.1, 0.15) is 23.7 Å². The summed E-state index contributed by atoms with van der Waals surface area (Å²) in [7, 11) is -2.92. The lowest BCUT2D eigenvalue weighted by molar-refractivity contribution is 0.117. The van der Waals surface area contributed by atoms with Crippen LogP contribution >= 0.6 is 0 Å². The molecule has 1 N–H and O–H groups in total. The highest BCUT2D eigenvalue weighted by Crippen LogP contribution is 2.16. The van der Waals surface area contributed by atoms with Crippen LogP contribution in [0.25, 0.3) is 0 Å². The van der Waals surface area contributed by atoms with E-state index < -0.39 is 15.9 Å². The summed E-state index contributed by atoms with van der Waals surface area (Å²) in [6.45, 7) is 1.57. The molecule has 0 amide bonds. The highest BCUT2D eigenvalue weighted by atomic mass is 32.2. The van der Waals surface area contributed by atoms with Gasteiger partial charge in [0.1, 0.15) is 0 Å². The van der Waals surface area contributed by atoms with E-state index in [-0.39, 0.29) is 11.5 Å². The van der Waals surface area contributed by atoms with Gasteiger partial charge in [-0.2, -0.15) is 5.26 Å². The Bertz CT molecular complexity index is 590. The van der Waals surface area contributed by atoms with Crippen LogP contribution in [0.4, 0.5) is 0 Å². The maximum Gasteiger partial charge on any atom is 0.151 e. The Morgan fingerprint density at radius 2 is 1.95 bits per heavy atom. The quantitative estimate of drug-likeness (QED) is 0.888. The van der Waals surface area contributed by atoms with Gasteiger partial charge in [0, 0.05) is 13.1 Å². The fourth-order valence-electron chi connectivity index (χ4n) is 2.30. The van der Waals surface area contributed by atoms with Crippen LogP contribution in [-0.4, -0.2) is 49.6 Å². The van der Waals surface area contributed by atoms with Crippen molar-refractivity contribution in [1.29, 1.82) is 5.26 Å². The molecule has 1 aliphatic heterocycles. The number of nitriles is 1. The highest BCUT2D eigenvalue weighted by molar-refractivity contribution is 7.91. The van der Waals surface area contributed by atoms with Crippen molar-refractivity contribution in [2.75, 3.05) is 31.1 Å². The van der Waals surface area contributed by atoms with Crippen LogP contribution in [0.3, 0.4) is 0 Å². The molecular formula is C14H18N2O3S. The van der Waals surface area contributed by atoms with Gasteiger partial charge in [0.15, 0.2) is 9.84 Å². The van der Waals surface area contributed by atoms with Gasteiger partial charge >= 0.3 is 0 Å². The average Bonchev–Trinajstić information content (AvgIpc) is 2.60. The summed E-state index contributed by atoms with van der Waals surface area (Å²) >= 11 is 0.